The number of hydrogen-bond donors (Lipinski definition) is 4. The highest BCUT2D eigenvalue weighted by Gasteiger charge is 2.60. The van der Waals surface area contributed by atoms with Gasteiger partial charge in [0, 0.05) is 92.7 Å². The minimum atomic E-state index is -3.36. The van der Waals surface area contributed by atoms with E-state index in [1.54, 1.807) is 33.0 Å². The molecule has 4 bridgehead atoms. The Morgan fingerprint density at radius 1 is 0.679 bits per heavy atom. The van der Waals surface area contributed by atoms with Gasteiger partial charge in [0.25, 0.3) is 11.8 Å². The second-order valence-electron chi connectivity index (χ2n) is 19.0. The van der Waals surface area contributed by atoms with Gasteiger partial charge in [-0.05, 0) is 37.1 Å². The van der Waals surface area contributed by atoms with Crippen LogP contribution in [0.5, 0.6) is 0 Å². The van der Waals surface area contributed by atoms with Crippen LogP contribution in [0.25, 0.3) is 0 Å². The van der Waals surface area contributed by atoms with E-state index in [0.717, 1.165) is 12.1 Å². The minimum Gasteiger partial charge on any atom is -0.481 e. The summed E-state index contributed by atoms with van der Waals surface area (Å²) >= 11 is 15.3. The van der Waals surface area contributed by atoms with Gasteiger partial charge in [-0.25, -0.2) is 45.9 Å². The number of nitrogens with one attached hydrogen (secondary N) is 2. The van der Waals surface area contributed by atoms with E-state index in [1.165, 1.54) is 61.2 Å². The lowest BCUT2D eigenvalue weighted by Crippen LogP contribution is -2.67. The molecule has 4 aromatic rings. The number of morpholine rings is 2. The molecule has 0 radical (unpaired) electrons. The highest BCUT2D eigenvalue weighted by molar-refractivity contribution is 7.12. The maximum absolute atomic E-state index is 15.6. The first-order valence-corrected chi connectivity index (χ1v) is 26.6. The molecule has 28 heteroatoms. The van der Waals surface area contributed by atoms with Crippen molar-refractivity contribution in [3.05, 3.63) is 125 Å². The SMILES string of the molecule is COC(=O)C1=C(CN2C3COCC2C(F)(F)[C@@H](CC(=O)O)C3)NC(c2nccs2)=N[C@H]1c1ccc(F)cc1Cl.COC(=O)C1=C(CN2C3COCC2C(F)(F)[C@H](CC(=O)O)C3)NC(c2nccs2)=N[C@H]1c1ccc(F)cc1Cl. The molecule has 78 heavy (non-hydrogen) atoms. The fraction of sp³-hybridized carbons (Fsp3) is 0.440. The Kier molecular flexibility index (Phi) is 17.0. The molecule has 4 N–H and O–H groups in total. The van der Waals surface area contributed by atoms with Crippen LogP contribution >= 0.6 is 45.9 Å². The Bertz CT molecular complexity index is 2880. The number of alkyl halides is 4. The summed E-state index contributed by atoms with van der Waals surface area (Å²) in [6, 6.07) is 1.43. The van der Waals surface area contributed by atoms with Crippen molar-refractivity contribution >= 4 is 81.4 Å². The Morgan fingerprint density at radius 3 is 1.41 bits per heavy atom. The number of hydrogen-bond acceptors (Lipinski definition) is 18. The third-order valence-corrected chi connectivity index (χ3v) is 16.6. The number of rotatable bonds is 14. The van der Waals surface area contributed by atoms with Gasteiger partial charge in [0.2, 0.25) is 0 Å². The number of methoxy groups -OCH3 is 2. The number of ether oxygens (including phenoxy) is 4. The first kappa shape index (κ1) is 56.7. The number of aliphatic imine (C=N–C) groups is 2. The second kappa shape index (κ2) is 23.4. The first-order chi connectivity index (χ1) is 37.2. The Hall–Kier alpha value is -6.00. The number of halogens is 8. The molecule has 0 aliphatic carbocycles. The Balaban J connectivity index is 0.000000190. The van der Waals surface area contributed by atoms with Crippen molar-refractivity contribution < 1.29 is 74.7 Å². The van der Waals surface area contributed by atoms with Crippen LogP contribution in [-0.4, -0.2) is 155 Å². The monoisotopic (exact) mass is 1170 g/mol. The maximum atomic E-state index is 15.6. The topological polar surface area (TPSA) is 227 Å². The third kappa shape index (κ3) is 11.5. The number of piperidine rings is 2. The quantitative estimate of drug-likeness (QED) is 0.0717. The molecular formula is C50H48Cl2F6N8O10S2. The van der Waals surface area contributed by atoms with Gasteiger partial charge in [0.15, 0.2) is 21.7 Å². The van der Waals surface area contributed by atoms with E-state index in [2.05, 4.69) is 30.6 Å². The summed E-state index contributed by atoms with van der Waals surface area (Å²) in [6.45, 7) is -0.632. The van der Waals surface area contributed by atoms with E-state index in [9.17, 15) is 38.2 Å². The van der Waals surface area contributed by atoms with Gasteiger partial charge in [-0.2, -0.15) is 0 Å². The summed E-state index contributed by atoms with van der Waals surface area (Å²) in [5.74, 6) is -14.1. The van der Waals surface area contributed by atoms with E-state index < -0.39 is 108 Å². The standard InChI is InChI=1S/2C25H24ClF3N4O5S/c2*1-37-24(36)20-17(9-33-14-6-12(7-19(34)35)25(28,29)18(33)11-38-10-14)31-22(23-30-4-5-39-23)32-21(20)15-3-2-13(27)8-16(15)26/h2*2-5,8,12,14,18,21H,6-7,9-11H2,1H3,(H,31,32)(H,34,35)/t12-,14?,18?,21+;12-,14?,18?,21-/m10/s1. The molecule has 4 unspecified atom stereocenters. The van der Waals surface area contributed by atoms with Crippen LogP contribution in [0.3, 0.4) is 0 Å². The van der Waals surface area contributed by atoms with Crippen molar-refractivity contribution in [2.24, 2.45) is 21.8 Å². The highest BCUT2D eigenvalue weighted by atomic mass is 35.5. The van der Waals surface area contributed by atoms with E-state index in [1.807, 2.05) is 0 Å². The molecule has 18 nitrogen and oxygen atoms in total. The molecule has 0 amide bonds. The zero-order valence-electron chi connectivity index (χ0n) is 41.1. The normalized spacial score (nSPS) is 26.5. The van der Waals surface area contributed by atoms with E-state index in [4.69, 9.17) is 42.1 Å². The van der Waals surface area contributed by atoms with Crippen molar-refractivity contribution in [1.29, 1.82) is 0 Å². The molecule has 6 aliphatic rings. The van der Waals surface area contributed by atoms with Gasteiger partial charge in [0.1, 0.15) is 23.7 Å². The molecule has 0 spiro atoms. The number of aromatic nitrogens is 2. The maximum Gasteiger partial charge on any atom is 0.338 e. The summed E-state index contributed by atoms with van der Waals surface area (Å²) in [6.07, 6.45) is 1.62. The molecule has 0 saturated carbocycles. The number of carbonyl (C=O) groups excluding carboxylic acids is 2. The lowest BCUT2D eigenvalue weighted by atomic mass is 9.79. The molecule has 8 heterocycles. The number of carbonyl (C=O) groups is 4. The van der Waals surface area contributed by atoms with Crippen molar-refractivity contribution in [1.82, 2.24) is 30.4 Å². The fourth-order valence-electron chi connectivity index (χ4n) is 10.8. The fourth-order valence-corrected chi connectivity index (χ4v) is 12.5. The molecule has 416 valence electrons. The van der Waals surface area contributed by atoms with Gasteiger partial charge >= 0.3 is 23.9 Å². The van der Waals surface area contributed by atoms with Crippen LogP contribution in [-0.2, 0) is 38.1 Å². The second-order valence-corrected chi connectivity index (χ2v) is 21.6. The number of aliphatic carboxylic acids is 2. The minimum absolute atomic E-state index is 0.0242. The third-order valence-electron chi connectivity index (χ3n) is 14.4. The number of fused-ring (bicyclic) bond motifs is 4. The summed E-state index contributed by atoms with van der Waals surface area (Å²) in [5, 5.41) is 29.1. The van der Waals surface area contributed by atoms with Crippen molar-refractivity contribution in [3.8, 4) is 0 Å². The van der Waals surface area contributed by atoms with Crippen LogP contribution in [0.1, 0.15) is 58.9 Å². The largest absolute Gasteiger partial charge is 0.481 e. The summed E-state index contributed by atoms with van der Waals surface area (Å²) in [5.41, 5.74) is 1.19. The van der Waals surface area contributed by atoms with Crippen LogP contribution in [0.15, 0.2) is 92.1 Å². The number of carboxylic acid groups (broad SMARTS) is 2. The van der Waals surface area contributed by atoms with Gasteiger partial charge in [0.05, 0.1) is 76.7 Å². The molecule has 2 aromatic carbocycles. The Labute approximate surface area is 458 Å². The predicted octanol–water partition coefficient (Wildman–Crippen LogP) is 7.31. The number of thiazole rings is 2. The van der Waals surface area contributed by atoms with E-state index in [-0.39, 0.29) is 96.6 Å². The molecule has 4 saturated heterocycles. The van der Waals surface area contributed by atoms with E-state index in [0.29, 0.717) is 21.1 Å². The van der Waals surface area contributed by atoms with Crippen LogP contribution in [0.4, 0.5) is 26.3 Å². The lowest BCUT2D eigenvalue weighted by molar-refractivity contribution is -0.219. The Morgan fingerprint density at radius 2 is 1.08 bits per heavy atom. The highest BCUT2D eigenvalue weighted by Crippen LogP contribution is 2.48. The number of benzene rings is 2. The molecule has 6 aliphatic heterocycles. The average molecular weight is 1170 g/mol. The van der Waals surface area contributed by atoms with Gasteiger partial charge in [-0.1, -0.05) is 35.3 Å². The first-order valence-electron chi connectivity index (χ1n) is 24.1. The molecule has 2 aromatic heterocycles. The molecule has 8 atom stereocenters. The zero-order chi connectivity index (χ0) is 55.8. The number of carboxylic acids is 2. The van der Waals surface area contributed by atoms with Gasteiger partial charge in [-0.15, -0.1) is 22.7 Å². The molecule has 4 fully saturated rings. The average Bonchev–Trinajstić information content (AvgIpc) is 4.15. The number of nitrogens with zero attached hydrogens (tertiary/aromatic N) is 6. The van der Waals surface area contributed by atoms with Crippen LogP contribution < -0.4 is 10.6 Å². The molecular weight excluding hydrogens is 1120 g/mol. The summed E-state index contributed by atoms with van der Waals surface area (Å²) in [7, 11) is 2.37. The van der Waals surface area contributed by atoms with Crippen molar-refractivity contribution in [2.75, 3.05) is 53.7 Å². The zero-order valence-corrected chi connectivity index (χ0v) is 44.3. The van der Waals surface area contributed by atoms with Crippen molar-refractivity contribution in [3.63, 3.8) is 0 Å². The van der Waals surface area contributed by atoms with Crippen LogP contribution in [0, 0.1) is 23.5 Å². The van der Waals surface area contributed by atoms with E-state index >= 15 is 17.6 Å². The summed E-state index contributed by atoms with van der Waals surface area (Å²) in [4.78, 5) is 69.8. The smallest absolute Gasteiger partial charge is 0.338 e. The van der Waals surface area contributed by atoms with Gasteiger partial charge < -0.3 is 39.8 Å². The van der Waals surface area contributed by atoms with Crippen molar-refractivity contribution in [2.45, 2.75) is 73.8 Å². The van der Waals surface area contributed by atoms with Crippen LogP contribution in [0.2, 0.25) is 10.0 Å². The lowest BCUT2D eigenvalue weighted by Gasteiger charge is -2.52. The summed E-state index contributed by atoms with van der Waals surface area (Å²) < 4.78 is 111. The molecule has 10 rings (SSSR count). The predicted molar refractivity (Wildman–Crippen MR) is 271 cm³/mol. The number of esters is 2. The number of amidine groups is 2. The van der Waals surface area contributed by atoms with Gasteiger partial charge in [-0.3, -0.25) is 29.4 Å².